The van der Waals surface area contributed by atoms with E-state index in [1.807, 2.05) is 6.92 Å². The molecule has 0 N–H and O–H groups in total. The summed E-state index contributed by atoms with van der Waals surface area (Å²) in [6.07, 6.45) is 2.92. The van der Waals surface area contributed by atoms with Crippen LogP contribution in [0.15, 0.2) is 12.3 Å². The van der Waals surface area contributed by atoms with Gasteiger partial charge in [-0.2, -0.15) is 0 Å². The zero-order chi connectivity index (χ0) is 14.3. The zero-order valence-electron chi connectivity index (χ0n) is 11.0. The van der Waals surface area contributed by atoms with Gasteiger partial charge in [0.25, 0.3) is 0 Å². The molecule has 0 unspecified atom stereocenters. The third-order valence-electron chi connectivity index (χ3n) is 2.34. The van der Waals surface area contributed by atoms with E-state index in [4.69, 9.17) is 4.74 Å². The number of carbonyl (C=O) groups excluding carboxylic acids is 2. The Morgan fingerprint density at radius 3 is 2.47 bits per heavy atom. The molecule has 2 aromatic rings. The first-order chi connectivity index (χ1) is 9.23. The zero-order valence-corrected chi connectivity index (χ0v) is 11.8. The topological polar surface area (TPSA) is 65.5 Å². The number of hydrogen-bond acceptors (Lipinski definition) is 6. The molecule has 19 heavy (non-hydrogen) atoms. The molecule has 0 saturated carbocycles. The minimum atomic E-state index is 0.356. The Kier molecular flexibility index (Phi) is 6.11. The number of ether oxygens (including phenoxy) is 2. The first-order valence-electron chi connectivity index (χ1n) is 5.58. The molecule has 0 saturated heterocycles. The van der Waals surface area contributed by atoms with Gasteiger partial charge in [-0.05, 0) is 13.0 Å². The molecule has 0 aliphatic heterocycles. The number of methoxy groups -OCH3 is 2. The second-order valence-corrected chi connectivity index (χ2v) is 4.47. The van der Waals surface area contributed by atoms with E-state index in [-0.39, 0.29) is 0 Å². The van der Waals surface area contributed by atoms with E-state index in [1.54, 1.807) is 19.4 Å². The van der Waals surface area contributed by atoms with Gasteiger partial charge >= 0.3 is 0 Å². The lowest BCUT2D eigenvalue weighted by atomic mass is 10.2. The van der Waals surface area contributed by atoms with E-state index in [0.29, 0.717) is 34.3 Å². The van der Waals surface area contributed by atoms with Crippen LogP contribution in [0.3, 0.4) is 0 Å². The SMILES string of the molecule is CCOC.COc1nccc2sc(C=O)c(C=O)c12. The van der Waals surface area contributed by atoms with Crippen LogP contribution >= 0.6 is 11.3 Å². The monoisotopic (exact) mass is 281 g/mol. The van der Waals surface area contributed by atoms with Crippen molar-refractivity contribution < 1.29 is 19.1 Å². The van der Waals surface area contributed by atoms with Gasteiger partial charge in [0.15, 0.2) is 12.6 Å². The molecule has 0 fully saturated rings. The van der Waals surface area contributed by atoms with Gasteiger partial charge in [0.05, 0.1) is 17.4 Å². The van der Waals surface area contributed by atoms with Crippen LogP contribution in [0.5, 0.6) is 5.88 Å². The summed E-state index contributed by atoms with van der Waals surface area (Å²) in [5, 5.41) is 0.613. The second kappa shape index (κ2) is 7.60. The van der Waals surface area contributed by atoms with Gasteiger partial charge in [0.1, 0.15) is 0 Å². The Morgan fingerprint density at radius 1 is 1.32 bits per heavy atom. The number of pyridine rings is 1. The number of carbonyl (C=O) groups is 2. The molecule has 2 aromatic heterocycles. The first kappa shape index (κ1) is 15.3. The van der Waals surface area contributed by atoms with Crippen LogP contribution in [0.2, 0.25) is 0 Å². The maximum atomic E-state index is 10.9. The molecule has 0 aliphatic carbocycles. The summed E-state index contributed by atoms with van der Waals surface area (Å²) in [5.41, 5.74) is 0.356. The van der Waals surface area contributed by atoms with Gasteiger partial charge in [-0.3, -0.25) is 9.59 Å². The Labute approximate surface area is 115 Å². The third-order valence-corrected chi connectivity index (χ3v) is 3.44. The van der Waals surface area contributed by atoms with Crippen molar-refractivity contribution in [2.45, 2.75) is 6.92 Å². The molecule has 0 atom stereocenters. The normalized spacial score (nSPS) is 9.63. The van der Waals surface area contributed by atoms with Crippen LogP contribution in [0.4, 0.5) is 0 Å². The van der Waals surface area contributed by atoms with E-state index < -0.39 is 0 Å². The van der Waals surface area contributed by atoms with E-state index in [0.717, 1.165) is 11.3 Å². The van der Waals surface area contributed by atoms with Gasteiger partial charge < -0.3 is 9.47 Å². The fourth-order valence-corrected chi connectivity index (χ4v) is 2.39. The molecule has 5 nitrogen and oxygen atoms in total. The van der Waals surface area contributed by atoms with Gasteiger partial charge in [0, 0.05) is 30.2 Å². The van der Waals surface area contributed by atoms with Crippen LogP contribution < -0.4 is 4.74 Å². The van der Waals surface area contributed by atoms with Gasteiger partial charge in [0.2, 0.25) is 5.88 Å². The quantitative estimate of drug-likeness (QED) is 0.806. The lowest BCUT2D eigenvalue weighted by Crippen LogP contribution is -1.90. The van der Waals surface area contributed by atoms with Crippen LogP contribution in [0.25, 0.3) is 10.1 Å². The minimum absolute atomic E-state index is 0.356. The molecular weight excluding hydrogens is 266 g/mol. The molecule has 2 rings (SSSR count). The van der Waals surface area contributed by atoms with Crippen molar-refractivity contribution >= 4 is 34.0 Å². The van der Waals surface area contributed by atoms with Crippen LogP contribution in [-0.2, 0) is 4.74 Å². The molecule has 0 radical (unpaired) electrons. The lowest BCUT2D eigenvalue weighted by Gasteiger charge is -1.99. The minimum Gasteiger partial charge on any atom is -0.481 e. The van der Waals surface area contributed by atoms with Crippen molar-refractivity contribution in [2.75, 3.05) is 20.8 Å². The number of thiophene rings is 1. The standard InChI is InChI=1S/C10H7NO3S.C3H8O/c1-14-10-9-6(4-12)8(5-13)15-7(9)2-3-11-10;1-3-4-2/h2-5H,1H3;3H2,1-2H3. The summed E-state index contributed by atoms with van der Waals surface area (Å²) in [5.74, 6) is 0.374. The molecular formula is C13H15NO4S. The van der Waals surface area contributed by atoms with Gasteiger partial charge in [-0.15, -0.1) is 11.3 Å². The van der Waals surface area contributed by atoms with Crippen molar-refractivity contribution in [2.24, 2.45) is 0 Å². The smallest absolute Gasteiger partial charge is 0.222 e. The van der Waals surface area contributed by atoms with Crippen molar-refractivity contribution in [3.63, 3.8) is 0 Å². The number of fused-ring (bicyclic) bond motifs is 1. The van der Waals surface area contributed by atoms with Crippen LogP contribution in [-0.4, -0.2) is 38.4 Å². The summed E-state index contributed by atoms with van der Waals surface area (Å²) in [7, 11) is 3.16. The molecule has 0 bridgehead atoms. The Balaban J connectivity index is 0.000000399. The fraction of sp³-hybridized carbons (Fsp3) is 0.308. The highest BCUT2D eigenvalue weighted by atomic mass is 32.1. The number of hydrogen-bond donors (Lipinski definition) is 0. The molecule has 2 heterocycles. The van der Waals surface area contributed by atoms with E-state index >= 15 is 0 Å². The first-order valence-corrected chi connectivity index (χ1v) is 6.39. The number of nitrogens with zero attached hydrogens (tertiary/aromatic N) is 1. The van der Waals surface area contributed by atoms with Crippen molar-refractivity contribution in [3.05, 3.63) is 22.7 Å². The highest BCUT2D eigenvalue weighted by molar-refractivity contribution is 7.21. The highest BCUT2D eigenvalue weighted by Crippen LogP contribution is 2.34. The molecule has 0 spiro atoms. The van der Waals surface area contributed by atoms with E-state index in [9.17, 15) is 9.59 Å². The Bertz CT molecular complexity index is 563. The molecule has 0 aliphatic rings. The summed E-state index contributed by atoms with van der Waals surface area (Å²) < 4.78 is 10.4. The summed E-state index contributed by atoms with van der Waals surface area (Å²) in [6, 6.07) is 1.75. The number of rotatable bonds is 4. The predicted molar refractivity (Wildman–Crippen MR) is 74.5 cm³/mol. The van der Waals surface area contributed by atoms with Gasteiger partial charge in [-0.1, -0.05) is 0 Å². The summed E-state index contributed by atoms with van der Waals surface area (Å²) in [4.78, 5) is 26.0. The average molecular weight is 281 g/mol. The average Bonchev–Trinajstić information content (AvgIpc) is 2.84. The second-order valence-electron chi connectivity index (χ2n) is 3.39. The van der Waals surface area contributed by atoms with Crippen molar-refractivity contribution in [3.8, 4) is 5.88 Å². The van der Waals surface area contributed by atoms with E-state index in [2.05, 4.69) is 9.72 Å². The summed E-state index contributed by atoms with van der Waals surface area (Å²) >= 11 is 1.26. The third kappa shape index (κ3) is 3.36. The van der Waals surface area contributed by atoms with Gasteiger partial charge in [-0.25, -0.2) is 4.98 Å². The van der Waals surface area contributed by atoms with Crippen LogP contribution in [0, 0.1) is 0 Å². The van der Waals surface area contributed by atoms with Crippen molar-refractivity contribution in [1.29, 1.82) is 0 Å². The molecule has 0 aromatic carbocycles. The molecule has 0 amide bonds. The number of aldehydes is 2. The lowest BCUT2D eigenvalue weighted by molar-refractivity contribution is 0.109. The maximum Gasteiger partial charge on any atom is 0.222 e. The Morgan fingerprint density at radius 2 is 2.00 bits per heavy atom. The molecule has 102 valence electrons. The fourth-order valence-electron chi connectivity index (χ4n) is 1.41. The highest BCUT2D eigenvalue weighted by Gasteiger charge is 2.15. The van der Waals surface area contributed by atoms with Crippen LogP contribution in [0.1, 0.15) is 27.0 Å². The van der Waals surface area contributed by atoms with E-state index in [1.165, 1.54) is 18.4 Å². The maximum absolute atomic E-state index is 10.9. The Hall–Kier alpha value is -1.79. The largest absolute Gasteiger partial charge is 0.481 e. The molecule has 6 heteroatoms. The van der Waals surface area contributed by atoms with Crippen molar-refractivity contribution in [1.82, 2.24) is 4.98 Å². The predicted octanol–water partition coefficient (Wildman–Crippen LogP) is 2.58. The number of aromatic nitrogens is 1. The summed E-state index contributed by atoms with van der Waals surface area (Å²) in [6.45, 7) is 2.78.